The minimum Gasteiger partial charge on any atom is -0.496 e. The van der Waals surface area contributed by atoms with E-state index in [1.54, 1.807) is 19.2 Å². The first-order chi connectivity index (χ1) is 10.6. The zero-order valence-electron chi connectivity index (χ0n) is 12.9. The molecule has 0 aliphatic carbocycles. The lowest BCUT2D eigenvalue weighted by Gasteiger charge is -2.12. The van der Waals surface area contributed by atoms with E-state index in [1.165, 1.54) is 14.2 Å². The van der Waals surface area contributed by atoms with Crippen LogP contribution in [0.5, 0.6) is 17.2 Å². The van der Waals surface area contributed by atoms with Gasteiger partial charge in [0.05, 0.1) is 26.7 Å². The molecule has 0 spiro atoms. The molecule has 0 fully saturated rings. The third kappa shape index (κ3) is 1.97. The highest BCUT2D eigenvalue weighted by Crippen LogP contribution is 2.38. The van der Waals surface area contributed by atoms with Gasteiger partial charge >= 0.3 is 5.63 Å². The predicted octanol–water partition coefficient (Wildman–Crippen LogP) is 3.28. The number of methoxy groups -OCH3 is 3. The zero-order chi connectivity index (χ0) is 15.9. The predicted molar refractivity (Wildman–Crippen MR) is 84.4 cm³/mol. The molecule has 0 amide bonds. The van der Waals surface area contributed by atoms with Gasteiger partial charge in [0.1, 0.15) is 5.75 Å². The standard InChI is InChI=1S/C17H16O5/c1-9-7-12-11(8-14(9)20-3)10-5-6-13(19-2)16(21-4)15(10)22-17(12)18/h5-8H,1-4H3. The number of benzene rings is 2. The van der Waals surface area contributed by atoms with Gasteiger partial charge in [-0.05, 0) is 36.8 Å². The van der Waals surface area contributed by atoms with Crippen LogP contribution in [0.1, 0.15) is 5.56 Å². The smallest absolute Gasteiger partial charge is 0.344 e. The molecule has 0 radical (unpaired) electrons. The summed E-state index contributed by atoms with van der Waals surface area (Å²) in [5.74, 6) is 1.63. The number of hydrogen-bond donors (Lipinski definition) is 0. The second-order valence-corrected chi connectivity index (χ2v) is 4.93. The number of aryl methyl sites for hydroxylation is 1. The minimum atomic E-state index is -0.417. The Balaban J connectivity index is 2.53. The van der Waals surface area contributed by atoms with Crippen LogP contribution in [0.3, 0.4) is 0 Å². The van der Waals surface area contributed by atoms with Gasteiger partial charge in [-0.3, -0.25) is 0 Å². The fourth-order valence-electron chi connectivity index (χ4n) is 2.66. The summed E-state index contributed by atoms with van der Waals surface area (Å²) in [6, 6.07) is 7.25. The van der Waals surface area contributed by atoms with Crippen LogP contribution in [0.25, 0.3) is 21.7 Å². The summed E-state index contributed by atoms with van der Waals surface area (Å²) >= 11 is 0. The monoisotopic (exact) mass is 300 g/mol. The van der Waals surface area contributed by atoms with E-state index in [0.29, 0.717) is 28.2 Å². The van der Waals surface area contributed by atoms with Gasteiger partial charge in [-0.25, -0.2) is 4.79 Å². The fraction of sp³-hybridized carbons (Fsp3) is 0.235. The molecule has 0 saturated carbocycles. The van der Waals surface area contributed by atoms with Crippen LogP contribution in [0, 0.1) is 6.92 Å². The molecular weight excluding hydrogens is 284 g/mol. The number of ether oxygens (including phenoxy) is 3. The summed E-state index contributed by atoms with van der Waals surface area (Å²) in [6.07, 6.45) is 0. The SMILES string of the molecule is COc1cc2c(cc1C)c(=O)oc1c(OC)c(OC)ccc12. The lowest BCUT2D eigenvalue weighted by molar-refractivity contribution is 0.352. The van der Waals surface area contributed by atoms with E-state index in [9.17, 15) is 4.79 Å². The maximum atomic E-state index is 12.3. The maximum Gasteiger partial charge on any atom is 0.344 e. The van der Waals surface area contributed by atoms with Crippen molar-refractivity contribution in [2.45, 2.75) is 6.92 Å². The van der Waals surface area contributed by atoms with Crippen LogP contribution in [-0.2, 0) is 0 Å². The molecule has 5 heteroatoms. The van der Waals surface area contributed by atoms with E-state index in [0.717, 1.165) is 16.3 Å². The molecule has 0 bridgehead atoms. The molecule has 0 N–H and O–H groups in total. The summed E-state index contributed by atoms with van der Waals surface area (Å²) in [4.78, 5) is 12.3. The van der Waals surface area contributed by atoms with Crippen molar-refractivity contribution in [1.29, 1.82) is 0 Å². The Hall–Kier alpha value is -2.69. The molecule has 3 aromatic rings. The van der Waals surface area contributed by atoms with Crippen molar-refractivity contribution in [3.8, 4) is 17.2 Å². The molecule has 114 valence electrons. The van der Waals surface area contributed by atoms with Crippen LogP contribution in [0.2, 0.25) is 0 Å². The highest BCUT2D eigenvalue weighted by atomic mass is 16.5. The first-order valence-corrected chi connectivity index (χ1v) is 6.76. The van der Waals surface area contributed by atoms with Crippen molar-refractivity contribution in [3.63, 3.8) is 0 Å². The molecule has 5 nitrogen and oxygen atoms in total. The molecular formula is C17H16O5. The second-order valence-electron chi connectivity index (χ2n) is 4.93. The second kappa shape index (κ2) is 5.26. The first kappa shape index (κ1) is 14.3. The van der Waals surface area contributed by atoms with Gasteiger partial charge in [-0.1, -0.05) is 0 Å². The van der Waals surface area contributed by atoms with Gasteiger partial charge in [-0.2, -0.15) is 0 Å². The fourth-order valence-corrected chi connectivity index (χ4v) is 2.66. The Morgan fingerprint density at radius 3 is 2.23 bits per heavy atom. The molecule has 2 aromatic carbocycles. The van der Waals surface area contributed by atoms with E-state index in [4.69, 9.17) is 18.6 Å². The quantitative estimate of drug-likeness (QED) is 0.549. The molecule has 0 atom stereocenters. The molecule has 0 saturated heterocycles. The average Bonchev–Trinajstić information content (AvgIpc) is 2.53. The molecule has 1 aromatic heterocycles. The molecule has 0 unspecified atom stereocenters. The third-order valence-corrected chi connectivity index (χ3v) is 3.74. The molecule has 3 rings (SSSR count). The van der Waals surface area contributed by atoms with Crippen molar-refractivity contribution >= 4 is 21.7 Å². The lowest BCUT2D eigenvalue weighted by Crippen LogP contribution is -2.02. The van der Waals surface area contributed by atoms with Gasteiger partial charge in [-0.15, -0.1) is 0 Å². The topological polar surface area (TPSA) is 57.9 Å². The Kier molecular flexibility index (Phi) is 3.41. The van der Waals surface area contributed by atoms with Crippen LogP contribution >= 0.6 is 0 Å². The van der Waals surface area contributed by atoms with Crippen LogP contribution in [0.15, 0.2) is 33.5 Å². The lowest BCUT2D eigenvalue weighted by atomic mass is 10.0. The molecule has 0 aliphatic heterocycles. The number of hydrogen-bond acceptors (Lipinski definition) is 5. The number of rotatable bonds is 3. The summed E-state index contributed by atoms with van der Waals surface area (Å²) in [5.41, 5.74) is 0.826. The Bertz CT molecular complexity index is 924. The summed E-state index contributed by atoms with van der Waals surface area (Å²) < 4.78 is 21.4. The van der Waals surface area contributed by atoms with Crippen LogP contribution in [-0.4, -0.2) is 21.3 Å². The van der Waals surface area contributed by atoms with Gasteiger partial charge in [0.25, 0.3) is 0 Å². The highest BCUT2D eigenvalue weighted by Gasteiger charge is 2.16. The molecule has 0 aliphatic rings. The van der Waals surface area contributed by atoms with Crippen LogP contribution < -0.4 is 19.8 Å². The van der Waals surface area contributed by atoms with Gasteiger partial charge in [0.2, 0.25) is 5.75 Å². The third-order valence-electron chi connectivity index (χ3n) is 3.74. The largest absolute Gasteiger partial charge is 0.496 e. The van der Waals surface area contributed by atoms with Crippen molar-refractivity contribution in [3.05, 3.63) is 40.2 Å². The summed E-state index contributed by atoms with van der Waals surface area (Å²) in [5, 5.41) is 2.04. The maximum absolute atomic E-state index is 12.3. The first-order valence-electron chi connectivity index (χ1n) is 6.76. The van der Waals surface area contributed by atoms with Gasteiger partial charge < -0.3 is 18.6 Å². The van der Waals surface area contributed by atoms with Crippen molar-refractivity contribution in [1.82, 2.24) is 0 Å². The molecule has 1 heterocycles. The van der Waals surface area contributed by atoms with Crippen LogP contribution in [0.4, 0.5) is 0 Å². The summed E-state index contributed by atoms with van der Waals surface area (Å²) in [7, 11) is 4.65. The Morgan fingerprint density at radius 2 is 1.59 bits per heavy atom. The highest BCUT2D eigenvalue weighted by molar-refractivity contribution is 6.07. The van der Waals surface area contributed by atoms with E-state index in [1.807, 2.05) is 19.1 Å². The van der Waals surface area contributed by atoms with Gasteiger partial charge in [0, 0.05) is 10.8 Å². The van der Waals surface area contributed by atoms with Crippen molar-refractivity contribution in [2.24, 2.45) is 0 Å². The van der Waals surface area contributed by atoms with E-state index in [-0.39, 0.29) is 0 Å². The zero-order valence-corrected chi connectivity index (χ0v) is 12.9. The van der Waals surface area contributed by atoms with E-state index in [2.05, 4.69) is 0 Å². The van der Waals surface area contributed by atoms with E-state index >= 15 is 0 Å². The molecule has 22 heavy (non-hydrogen) atoms. The van der Waals surface area contributed by atoms with Gasteiger partial charge in [0.15, 0.2) is 11.3 Å². The van der Waals surface area contributed by atoms with Crippen molar-refractivity contribution in [2.75, 3.05) is 21.3 Å². The summed E-state index contributed by atoms with van der Waals surface area (Å²) in [6.45, 7) is 1.89. The normalized spacial score (nSPS) is 10.9. The van der Waals surface area contributed by atoms with E-state index < -0.39 is 5.63 Å². The number of fused-ring (bicyclic) bond motifs is 3. The Labute approximate surface area is 127 Å². The minimum absolute atomic E-state index is 0.366. The Morgan fingerprint density at radius 1 is 0.864 bits per heavy atom. The van der Waals surface area contributed by atoms with Crippen molar-refractivity contribution < 1.29 is 18.6 Å². The average molecular weight is 300 g/mol.